The van der Waals surface area contributed by atoms with E-state index in [1.807, 2.05) is 20.8 Å². The van der Waals surface area contributed by atoms with E-state index in [1.165, 1.54) is 0 Å². The van der Waals surface area contributed by atoms with Crippen molar-refractivity contribution in [3.05, 3.63) is 0 Å². The van der Waals surface area contributed by atoms with Crippen LogP contribution < -0.4 is 4.72 Å². The van der Waals surface area contributed by atoms with E-state index in [2.05, 4.69) is 9.62 Å². The molecule has 0 aromatic heterocycles. The minimum Gasteiger partial charge on any atom is -0.444 e. The van der Waals surface area contributed by atoms with Crippen LogP contribution in [0.25, 0.3) is 0 Å². The molecule has 2 fully saturated rings. The molecule has 2 aliphatic rings. The van der Waals surface area contributed by atoms with Crippen LogP contribution in [0.3, 0.4) is 0 Å². The van der Waals surface area contributed by atoms with Crippen LogP contribution in [0.4, 0.5) is 4.79 Å². The topological polar surface area (TPSA) is 79.0 Å². The average molecular weight is 376 g/mol. The lowest BCUT2D eigenvalue weighted by Crippen LogP contribution is -2.52. The van der Waals surface area contributed by atoms with Crippen molar-refractivity contribution in [3.8, 4) is 0 Å². The van der Waals surface area contributed by atoms with Crippen LogP contribution in [0.15, 0.2) is 0 Å². The highest BCUT2D eigenvalue weighted by Gasteiger charge is 2.31. The molecule has 1 N–H and O–H groups in total. The summed E-state index contributed by atoms with van der Waals surface area (Å²) in [6, 6.07) is 0.533. The van der Waals surface area contributed by atoms with Gasteiger partial charge < -0.3 is 14.5 Å². The second kappa shape index (κ2) is 8.22. The molecule has 0 spiro atoms. The van der Waals surface area contributed by atoms with Crippen molar-refractivity contribution in [2.45, 2.75) is 71.1 Å². The van der Waals surface area contributed by atoms with E-state index in [-0.39, 0.29) is 17.9 Å². The molecule has 1 amide bonds. The molecule has 25 heavy (non-hydrogen) atoms. The molecule has 8 heteroatoms. The van der Waals surface area contributed by atoms with Crippen molar-refractivity contribution in [1.29, 1.82) is 0 Å². The smallest absolute Gasteiger partial charge is 0.410 e. The van der Waals surface area contributed by atoms with Gasteiger partial charge in [0.15, 0.2) is 0 Å². The van der Waals surface area contributed by atoms with Gasteiger partial charge in [-0.15, -0.1) is 0 Å². The van der Waals surface area contributed by atoms with Crippen LogP contribution in [-0.2, 0) is 14.8 Å². The fraction of sp³-hybridized carbons (Fsp3) is 0.941. The Morgan fingerprint density at radius 2 is 1.64 bits per heavy atom. The Labute approximate surface area is 152 Å². The molecule has 2 aliphatic heterocycles. The van der Waals surface area contributed by atoms with E-state index in [0.717, 1.165) is 51.9 Å². The summed E-state index contributed by atoms with van der Waals surface area (Å²) in [5.41, 5.74) is -0.457. The molecule has 0 aromatic carbocycles. The molecule has 2 saturated heterocycles. The Balaban J connectivity index is 1.74. The molecule has 0 atom stereocenters. The van der Waals surface area contributed by atoms with Gasteiger partial charge in [-0.3, -0.25) is 0 Å². The van der Waals surface area contributed by atoms with E-state index in [0.29, 0.717) is 6.04 Å². The van der Waals surface area contributed by atoms with Crippen molar-refractivity contribution in [2.24, 2.45) is 0 Å². The Kier molecular flexibility index (Phi) is 6.73. The predicted octanol–water partition coefficient (Wildman–Crippen LogP) is 1.79. The minimum atomic E-state index is -3.12. The van der Waals surface area contributed by atoms with Gasteiger partial charge >= 0.3 is 6.09 Å². The normalized spacial score (nSPS) is 22.2. The molecule has 0 radical (unpaired) electrons. The molecular formula is C17H33N3O4S. The van der Waals surface area contributed by atoms with Gasteiger partial charge in [-0.1, -0.05) is 0 Å². The number of rotatable bonds is 4. The maximum Gasteiger partial charge on any atom is 0.410 e. The highest BCUT2D eigenvalue weighted by molar-refractivity contribution is 7.89. The van der Waals surface area contributed by atoms with Crippen LogP contribution >= 0.6 is 0 Å². The quantitative estimate of drug-likeness (QED) is 0.810. The molecular weight excluding hydrogens is 342 g/mol. The molecule has 146 valence electrons. The molecule has 0 unspecified atom stereocenters. The van der Waals surface area contributed by atoms with E-state index in [4.69, 9.17) is 4.74 Å². The largest absolute Gasteiger partial charge is 0.444 e. The van der Waals surface area contributed by atoms with Crippen LogP contribution in [0.5, 0.6) is 0 Å². The monoisotopic (exact) mass is 375 g/mol. The fourth-order valence-electron chi connectivity index (χ4n) is 3.46. The van der Waals surface area contributed by atoms with Crippen molar-refractivity contribution in [2.75, 3.05) is 31.9 Å². The summed E-state index contributed by atoms with van der Waals surface area (Å²) in [6.45, 7) is 10.6. The van der Waals surface area contributed by atoms with Crippen molar-refractivity contribution < 1.29 is 17.9 Å². The molecule has 2 heterocycles. The van der Waals surface area contributed by atoms with Gasteiger partial charge in [-0.05, 0) is 66.5 Å². The van der Waals surface area contributed by atoms with Crippen molar-refractivity contribution in [1.82, 2.24) is 14.5 Å². The van der Waals surface area contributed by atoms with Gasteiger partial charge in [0.1, 0.15) is 5.60 Å². The van der Waals surface area contributed by atoms with Gasteiger partial charge in [0, 0.05) is 25.2 Å². The number of nitrogens with zero attached hydrogens (tertiary/aromatic N) is 2. The van der Waals surface area contributed by atoms with Gasteiger partial charge in [-0.2, -0.15) is 0 Å². The summed E-state index contributed by atoms with van der Waals surface area (Å²) in [6.07, 6.45) is 3.38. The number of carbonyl (C=O) groups excluding carboxylic acids is 1. The average Bonchev–Trinajstić information content (AvgIpc) is 2.54. The van der Waals surface area contributed by atoms with Crippen LogP contribution in [0.2, 0.25) is 0 Å². The molecule has 0 bridgehead atoms. The number of likely N-dealkylation sites (tertiary alicyclic amines) is 2. The van der Waals surface area contributed by atoms with Gasteiger partial charge in [0.2, 0.25) is 10.0 Å². The highest BCUT2D eigenvalue weighted by Crippen LogP contribution is 2.22. The summed E-state index contributed by atoms with van der Waals surface area (Å²) < 4.78 is 31.6. The minimum absolute atomic E-state index is 0.0584. The van der Waals surface area contributed by atoms with E-state index < -0.39 is 15.6 Å². The third kappa shape index (κ3) is 6.42. The molecule has 0 aromatic rings. The number of nitrogens with one attached hydrogen (secondary N) is 1. The first-order valence-electron chi connectivity index (χ1n) is 9.31. The summed E-state index contributed by atoms with van der Waals surface area (Å²) in [4.78, 5) is 16.4. The standard InChI is InChI=1S/C17H33N3O4S/c1-5-25(22,23)18-14-6-10-19(11-7-14)15-8-12-20(13-9-15)16(21)24-17(2,3)4/h14-15,18H,5-13H2,1-4H3. The molecule has 0 aliphatic carbocycles. The number of sulfonamides is 1. The SMILES string of the molecule is CCS(=O)(=O)NC1CCN(C2CCN(C(=O)OC(C)(C)C)CC2)CC1. The molecule has 2 rings (SSSR count). The number of piperidine rings is 2. The number of hydrogen-bond acceptors (Lipinski definition) is 5. The van der Waals surface area contributed by atoms with Crippen molar-refractivity contribution >= 4 is 16.1 Å². The van der Waals surface area contributed by atoms with Gasteiger partial charge in [0.25, 0.3) is 0 Å². The third-order valence-electron chi connectivity index (χ3n) is 4.89. The van der Waals surface area contributed by atoms with E-state index in [1.54, 1.807) is 11.8 Å². The van der Waals surface area contributed by atoms with Crippen molar-refractivity contribution in [3.63, 3.8) is 0 Å². The summed E-state index contributed by atoms with van der Waals surface area (Å²) >= 11 is 0. The first kappa shape index (κ1) is 20.5. The van der Waals surface area contributed by atoms with E-state index in [9.17, 15) is 13.2 Å². The third-order valence-corrected chi connectivity index (χ3v) is 6.34. The first-order valence-corrected chi connectivity index (χ1v) is 11.0. The number of hydrogen-bond donors (Lipinski definition) is 1. The first-order chi connectivity index (χ1) is 11.6. The Bertz CT molecular complexity index is 543. The Morgan fingerprint density at radius 3 is 2.12 bits per heavy atom. The zero-order chi connectivity index (χ0) is 18.7. The summed E-state index contributed by atoms with van der Waals surface area (Å²) in [7, 11) is -3.12. The Morgan fingerprint density at radius 1 is 1.08 bits per heavy atom. The van der Waals surface area contributed by atoms with Crippen LogP contribution in [0.1, 0.15) is 53.4 Å². The molecule has 7 nitrogen and oxygen atoms in total. The van der Waals surface area contributed by atoms with Crippen LogP contribution in [-0.4, -0.2) is 73.9 Å². The maximum atomic E-state index is 12.1. The lowest BCUT2D eigenvalue weighted by Gasteiger charge is -2.41. The summed E-state index contributed by atoms with van der Waals surface area (Å²) in [5.74, 6) is 0.135. The zero-order valence-electron chi connectivity index (χ0n) is 16.0. The number of amides is 1. The second-order valence-electron chi connectivity index (χ2n) is 8.03. The lowest BCUT2D eigenvalue weighted by molar-refractivity contribution is 0.0127. The predicted molar refractivity (Wildman–Crippen MR) is 98.0 cm³/mol. The second-order valence-corrected chi connectivity index (χ2v) is 10.1. The number of carbonyl (C=O) groups is 1. The van der Waals surface area contributed by atoms with Gasteiger partial charge in [0.05, 0.1) is 5.75 Å². The Hall–Kier alpha value is -0.860. The van der Waals surface area contributed by atoms with E-state index >= 15 is 0 Å². The lowest BCUT2D eigenvalue weighted by atomic mass is 9.98. The maximum absolute atomic E-state index is 12.1. The van der Waals surface area contributed by atoms with Gasteiger partial charge in [-0.25, -0.2) is 17.9 Å². The number of ether oxygens (including phenoxy) is 1. The highest BCUT2D eigenvalue weighted by atomic mass is 32.2. The molecule has 0 saturated carbocycles. The zero-order valence-corrected chi connectivity index (χ0v) is 16.8. The van der Waals surface area contributed by atoms with Crippen LogP contribution in [0, 0.1) is 0 Å². The fourth-order valence-corrected chi connectivity index (χ4v) is 4.37. The summed E-state index contributed by atoms with van der Waals surface area (Å²) in [5, 5.41) is 0.